The SMILES string of the molecule is CCCCCCCCCCCCCCCCCCCCCC(O)C(CO)NC(=O)CCCCCCCCCCCCCCCOC(=O)CCCCCCCCCCCCC. The fourth-order valence-corrected chi connectivity index (χ4v) is 8.70. The number of aliphatic hydroxyl groups is 2. The molecule has 0 radical (unpaired) electrons. The summed E-state index contributed by atoms with van der Waals surface area (Å²) in [6, 6.07) is -0.550. The molecule has 0 spiro atoms. The molecule has 2 atom stereocenters. The first kappa shape index (κ1) is 58.9. The van der Waals surface area contributed by atoms with Gasteiger partial charge in [0.15, 0.2) is 0 Å². The van der Waals surface area contributed by atoms with E-state index in [4.69, 9.17) is 4.74 Å². The lowest BCUT2D eigenvalue weighted by molar-refractivity contribution is -0.143. The number of ether oxygens (including phenoxy) is 1. The average Bonchev–Trinajstić information content (AvgIpc) is 3.25. The Hall–Kier alpha value is -1.14. The fourth-order valence-electron chi connectivity index (χ4n) is 8.70. The number of amides is 1. The molecule has 6 nitrogen and oxygen atoms in total. The lowest BCUT2D eigenvalue weighted by Gasteiger charge is -2.22. The van der Waals surface area contributed by atoms with Gasteiger partial charge in [-0.1, -0.05) is 271 Å². The van der Waals surface area contributed by atoms with Gasteiger partial charge in [-0.2, -0.15) is 0 Å². The van der Waals surface area contributed by atoms with Crippen LogP contribution < -0.4 is 5.32 Å². The fraction of sp³-hybridized carbons (Fsp3) is 0.963. The summed E-state index contributed by atoms with van der Waals surface area (Å²) < 4.78 is 5.45. The van der Waals surface area contributed by atoms with Crippen LogP contribution in [0.25, 0.3) is 0 Å². The number of carbonyl (C=O) groups is 2. The summed E-state index contributed by atoms with van der Waals surface area (Å²) in [6.07, 6.45) is 56.5. The third-order valence-corrected chi connectivity index (χ3v) is 12.9. The average molecular weight is 850 g/mol. The highest BCUT2D eigenvalue weighted by molar-refractivity contribution is 5.76. The number of hydrogen-bond donors (Lipinski definition) is 3. The molecule has 3 N–H and O–H groups in total. The van der Waals surface area contributed by atoms with Gasteiger partial charge in [0.25, 0.3) is 0 Å². The van der Waals surface area contributed by atoms with Crippen molar-refractivity contribution in [2.45, 2.75) is 321 Å². The second kappa shape index (κ2) is 50.5. The second-order valence-electron chi connectivity index (χ2n) is 18.9. The smallest absolute Gasteiger partial charge is 0.305 e. The van der Waals surface area contributed by atoms with Crippen LogP contribution in [-0.4, -0.2) is 47.4 Å². The molecule has 2 unspecified atom stereocenters. The molecule has 358 valence electrons. The summed E-state index contributed by atoms with van der Waals surface area (Å²) in [5.74, 6) is -0.0491. The van der Waals surface area contributed by atoms with E-state index < -0.39 is 12.1 Å². The lowest BCUT2D eigenvalue weighted by Crippen LogP contribution is -2.45. The zero-order chi connectivity index (χ0) is 43.7. The van der Waals surface area contributed by atoms with E-state index in [0.29, 0.717) is 25.9 Å². The molecule has 0 fully saturated rings. The molecule has 0 aliphatic heterocycles. The number of rotatable bonds is 51. The van der Waals surface area contributed by atoms with Gasteiger partial charge in [-0.25, -0.2) is 0 Å². The Morgan fingerprint density at radius 3 is 1.02 bits per heavy atom. The Balaban J connectivity index is 3.45. The van der Waals surface area contributed by atoms with Gasteiger partial charge >= 0.3 is 5.97 Å². The minimum absolute atomic E-state index is 0.00473. The van der Waals surface area contributed by atoms with Crippen molar-refractivity contribution in [2.75, 3.05) is 13.2 Å². The Morgan fingerprint density at radius 2 is 0.683 bits per heavy atom. The highest BCUT2D eigenvalue weighted by atomic mass is 16.5. The van der Waals surface area contributed by atoms with E-state index in [1.54, 1.807) is 0 Å². The monoisotopic (exact) mass is 850 g/mol. The largest absolute Gasteiger partial charge is 0.466 e. The molecule has 0 aromatic carbocycles. The van der Waals surface area contributed by atoms with Crippen molar-refractivity contribution in [3.05, 3.63) is 0 Å². The van der Waals surface area contributed by atoms with Gasteiger partial charge in [0.05, 0.1) is 25.4 Å². The van der Waals surface area contributed by atoms with Crippen LogP contribution in [0.15, 0.2) is 0 Å². The number of aliphatic hydroxyl groups excluding tert-OH is 2. The van der Waals surface area contributed by atoms with Crippen molar-refractivity contribution in [1.29, 1.82) is 0 Å². The van der Waals surface area contributed by atoms with Crippen LogP contribution in [0.3, 0.4) is 0 Å². The van der Waals surface area contributed by atoms with Crippen LogP contribution in [0.1, 0.15) is 309 Å². The molecule has 0 saturated heterocycles. The van der Waals surface area contributed by atoms with Crippen molar-refractivity contribution < 1.29 is 24.5 Å². The van der Waals surface area contributed by atoms with E-state index in [1.165, 1.54) is 225 Å². The number of hydrogen-bond acceptors (Lipinski definition) is 5. The molecular weight excluding hydrogens is 743 g/mol. The van der Waals surface area contributed by atoms with Crippen molar-refractivity contribution in [2.24, 2.45) is 0 Å². The van der Waals surface area contributed by atoms with E-state index >= 15 is 0 Å². The molecule has 0 heterocycles. The quantitative estimate of drug-likeness (QED) is 0.0418. The number of esters is 1. The van der Waals surface area contributed by atoms with Gasteiger partial charge < -0.3 is 20.3 Å². The van der Waals surface area contributed by atoms with Crippen LogP contribution in [0.5, 0.6) is 0 Å². The molecule has 0 aromatic rings. The van der Waals surface area contributed by atoms with E-state index in [-0.39, 0.29) is 18.5 Å². The summed E-state index contributed by atoms with van der Waals surface area (Å²) in [5, 5.41) is 23.3. The van der Waals surface area contributed by atoms with Crippen molar-refractivity contribution in [1.82, 2.24) is 5.32 Å². The first-order valence-corrected chi connectivity index (χ1v) is 27.3. The standard InChI is InChI=1S/C54H107NO5/c1-3-5-7-9-11-13-15-16-17-18-19-20-21-23-27-30-34-38-42-46-52(57)51(50-56)55-53(58)47-43-39-35-31-28-24-22-25-29-33-37-41-45-49-60-54(59)48-44-40-36-32-26-14-12-10-8-6-4-2/h51-52,56-57H,3-50H2,1-2H3,(H,55,58). The summed E-state index contributed by atoms with van der Waals surface area (Å²) in [6.45, 7) is 4.94. The molecule has 6 heteroatoms. The molecule has 0 aromatic heterocycles. The van der Waals surface area contributed by atoms with E-state index in [0.717, 1.165) is 51.4 Å². The Morgan fingerprint density at radius 1 is 0.400 bits per heavy atom. The topological polar surface area (TPSA) is 95.9 Å². The number of carbonyl (C=O) groups excluding carboxylic acids is 2. The number of unbranched alkanes of at least 4 members (excludes halogenated alkanes) is 40. The lowest BCUT2D eigenvalue weighted by atomic mass is 10.0. The van der Waals surface area contributed by atoms with Gasteiger partial charge in [-0.05, 0) is 25.7 Å². The molecule has 0 saturated carbocycles. The van der Waals surface area contributed by atoms with Crippen LogP contribution in [0.2, 0.25) is 0 Å². The molecule has 1 amide bonds. The Kier molecular flexibility index (Phi) is 49.5. The van der Waals surface area contributed by atoms with Gasteiger partial charge in [-0.15, -0.1) is 0 Å². The molecule has 60 heavy (non-hydrogen) atoms. The zero-order valence-corrected chi connectivity index (χ0v) is 40.7. The van der Waals surface area contributed by atoms with Crippen molar-refractivity contribution in [3.8, 4) is 0 Å². The highest BCUT2D eigenvalue weighted by Crippen LogP contribution is 2.17. The normalized spacial score (nSPS) is 12.5. The third-order valence-electron chi connectivity index (χ3n) is 12.9. The van der Waals surface area contributed by atoms with Crippen molar-refractivity contribution >= 4 is 11.9 Å². The second-order valence-corrected chi connectivity index (χ2v) is 18.9. The minimum Gasteiger partial charge on any atom is -0.466 e. The highest BCUT2D eigenvalue weighted by Gasteiger charge is 2.20. The maximum atomic E-state index is 12.5. The first-order chi connectivity index (χ1) is 29.5. The van der Waals surface area contributed by atoms with Crippen LogP contribution in [-0.2, 0) is 14.3 Å². The van der Waals surface area contributed by atoms with E-state index in [1.807, 2.05) is 0 Å². The van der Waals surface area contributed by atoms with Gasteiger partial charge in [-0.3, -0.25) is 9.59 Å². The molecule has 0 rings (SSSR count). The van der Waals surface area contributed by atoms with Crippen LogP contribution in [0.4, 0.5) is 0 Å². The first-order valence-electron chi connectivity index (χ1n) is 27.3. The van der Waals surface area contributed by atoms with E-state index in [9.17, 15) is 19.8 Å². The molecule has 0 aliphatic rings. The summed E-state index contributed by atoms with van der Waals surface area (Å²) in [4.78, 5) is 24.5. The van der Waals surface area contributed by atoms with Gasteiger partial charge in [0.1, 0.15) is 0 Å². The third kappa shape index (κ3) is 46.4. The van der Waals surface area contributed by atoms with Gasteiger partial charge in [0.2, 0.25) is 5.91 Å². The van der Waals surface area contributed by atoms with Crippen LogP contribution >= 0.6 is 0 Å². The molecule has 0 bridgehead atoms. The maximum absolute atomic E-state index is 12.5. The Labute approximate surface area is 375 Å². The molecular formula is C54H107NO5. The minimum atomic E-state index is -0.671. The predicted molar refractivity (Wildman–Crippen MR) is 260 cm³/mol. The van der Waals surface area contributed by atoms with Crippen molar-refractivity contribution in [3.63, 3.8) is 0 Å². The van der Waals surface area contributed by atoms with Gasteiger partial charge in [0, 0.05) is 12.8 Å². The number of nitrogens with one attached hydrogen (secondary N) is 1. The predicted octanol–water partition coefficient (Wildman–Crippen LogP) is 16.4. The molecule has 0 aliphatic carbocycles. The van der Waals surface area contributed by atoms with Crippen LogP contribution in [0, 0.1) is 0 Å². The summed E-state index contributed by atoms with van der Waals surface area (Å²) >= 11 is 0. The summed E-state index contributed by atoms with van der Waals surface area (Å²) in [7, 11) is 0. The van der Waals surface area contributed by atoms with E-state index in [2.05, 4.69) is 19.2 Å². The maximum Gasteiger partial charge on any atom is 0.305 e. The Bertz CT molecular complexity index is 852. The summed E-state index contributed by atoms with van der Waals surface area (Å²) in [5.41, 5.74) is 0. The zero-order valence-electron chi connectivity index (χ0n) is 40.7.